The highest BCUT2D eigenvalue weighted by Gasteiger charge is 2.09. The molecule has 0 aliphatic heterocycles. The third-order valence-corrected chi connectivity index (χ3v) is 4.81. The predicted molar refractivity (Wildman–Crippen MR) is 103 cm³/mol. The number of ether oxygens (including phenoxy) is 2. The van der Waals surface area contributed by atoms with Crippen LogP contribution in [0.2, 0.25) is 0 Å². The van der Waals surface area contributed by atoms with Gasteiger partial charge >= 0.3 is 0 Å². The number of methoxy groups -OCH3 is 2. The fourth-order valence-electron chi connectivity index (χ4n) is 2.76. The number of para-hydroxylation sites is 2. The van der Waals surface area contributed by atoms with Crippen molar-refractivity contribution in [3.8, 4) is 11.5 Å². The minimum Gasteiger partial charge on any atom is -0.493 e. The van der Waals surface area contributed by atoms with E-state index in [-0.39, 0.29) is 0 Å². The van der Waals surface area contributed by atoms with Crippen LogP contribution >= 0.6 is 15.9 Å². The number of rotatable bonds is 8. The molecule has 0 aliphatic carbocycles. The first-order valence-electron chi connectivity index (χ1n) is 8.26. The van der Waals surface area contributed by atoms with Gasteiger partial charge in [0.05, 0.1) is 25.3 Å². The molecule has 1 heterocycles. The van der Waals surface area contributed by atoms with Crippen LogP contribution in [0.5, 0.6) is 11.5 Å². The molecule has 3 aromatic rings. The monoisotopic (exact) mass is 403 g/mol. The Morgan fingerprint density at radius 1 is 1.12 bits per heavy atom. The van der Waals surface area contributed by atoms with Crippen molar-refractivity contribution in [2.45, 2.75) is 19.4 Å². The van der Waals surface area contributed by atoms with Gasteiger partial charge in [-0.1, -0.05) is 28.1 Å². The maximum atomic E-state index is 5.36. The van der Waals surface area contributed by atoms with E-state index in [0.29, 0.717) is 0 Å². The molecule has 132 valence electrons. The second kappa shape index (κ2) is 8.36. The summed E-state index contributed by atoms with van der Waals surface area (Å²) in [6, 6.07) is 12.0. The van der Waals surface area contributed by atoms with E-state index in [4.69, 9.17) is 9.47 Å². The number of benzene rings is 2. The minimum atomic E-state index is 0.725. The van der Waals surface area contributed by atoms with Gasteiger partial charge in [0.25, 0.3) is 0 Å². The summed E-state index contributed by atoms with van der Waals surface area (Å²) in [6.07, 6.45) is 1.94. The largest absolute Gasteiger partial charge is 0.493 e. The van der Waals surface area contributed by atoms with Gasteiger partial charge in [0, 0.05) is 17.4 Å². The zero-order valence-corrected chi connectivity index (χ0v) is 16.0. The van der Waals surface area contributed by atoms with Crippen LogP contribution in [0.1, 0.15) is 17.8 Å². The molecular weight excluding hydrogens is 382 g/mol. The molecule has 0 radical (unpaired) electrons. The van der Waals surface area contributed by atoms with Crippen LogP contribution in [0.3, 0.4) is 0 Å². The van der Waals surface area contributed by atoms with Crippen molar-refractivity contribution >= 4 is 27.0 Å². The van der Waals surface area contributed by atoms with Crippen LogP contribution in [-0.2, 0) is 13.0 Å². The number of nitrogens with one attached hydrogen (secondary N) is 2. The van der Waals surface area contributed by atoms with Gasteiger partial charge in [-0.3, -0.25) is 0 Å². The zero-order valence-electron chi connectivity index (χ0n) is 14.4. The molecule has 5 nitrogen and oxygen atoms in total. The molecule has 0 saturated carbocycles. The Balaban J connectivity index is 1.50. The third kappa shape index (κ3) is 4.32. The van der Waals surface area contributed by atoms with E-state index in [9.17, 15) is 0 Å². The van der Waals surface area contributed by atoms with Crippen molar-refractivity contribution in [1.82, 2.24) is 15.3 Å². The van der Waals surface area contributed by atoms with Crippen LogP contribution in [-0.4, -0.2) is 30.7 Å². The van der Waals surface area contributed by atoms with Crippen LogP contribution in [0.4, 0.5) is 0 Å². The summed E-state index contributed by atoms with van der Waals surface area (Å²) in [5, 5.41) is 3.47. The molecule has 1 aromatic heterocycles. The number of imidazole rings is 1. The second-order valence-corrected chi connectivity index (χ2v) is 6.63. The molecule has 0 atom stereocenters. The molecule has 0 spiro atoms. The maximum Gasteiger partial charge on any atom is 0.161 e. The molecule has 0 aliphatic rings. The number of aromatic nitrogens is 2. The van der Waals surface area contributed by atoms with Crippen LogP contribution < -0.4 is 14.8 Å². The van der Waals surface area contributed by atoms with E-state index >= 15 is 0 Å². The molecule has 25 heavy (non-hydrogen) atoms. The molecule has 2 aromatic carbocycles. The van der Waals surface area contributed by atoms with Gasteiger partial charge < -0.3 is 19.8 Å². The molecule has 6 heteroatoms. The first-order chi connectivity index (χ1) is 12.2. The van der Waals surface area contributed by atoms with E-state index in [1.54, 1.807) is 14.2 Å². The van der Waals surface area contributed by atoms with Crippen LogP contribution in [0.15, 0.2) is 40.9 Å². The standard InChI is InChI=1S/C19H22BrN3O2/c1-24-17-10-13(14(20)11-18(17)25-2)12-21-9-5-8-19-22-15-6-3-4-7-16(15)23-19/h3-4,6-7,10-11,21H,5,8-9,12H2,1-2H3,(H,22,23). The first kappa shape index (κ1) is 17.8. The van der Waals surface area contributed by atoms with Crippen LogP contribution in [0.25, 0.3) is 11.0 Å². The van der Waals surface area contributed by atoms with Crippen molar-refractivity contribution in [3.63, 3.8) is 0 Å². The lowest BCUT2D eigenvalue weighted by atomic mass is 10.2. The SMILES string of the molecule is COc1cc(Br)c(CNCCCc2nc3ccccc3[nH]2)cc1OC. The summed E-state index contributed by atoms with van der Waals surface area (Å²) in [6.45, 7) is 1.68. The summed E-state index contributed by atoms with van der Waals surface area (Å²) in [5.41, 5.74) is 3.26. The number of aromatic amines is 1. The van der Waals surface area contributed by atoms with Crippen molar-refractivity contribution in [3.05, 3.63) is 52.3 Å². The van der Waals surface area contributed by atoms with E-state index in [1.165, 1.54) is 0 Å². The summed E-state index contributed by atoms with van der Waals surface area (Å²) < 4.78 is 11.7. The maximum absolute atomic E-state index is 5.36. The van der Waals surface area contributed by atoms with E-state index in [0.717, 1.165) is 64.3 Å². The normalized spacial score (nSPS) is 11.0. The smallest absolute Gasteiger partial charge is 0.161 e. The number of halogens is 1. The Labute approximate surface area is 155 Å². The highest BCUT2D eigenvalue weighted by atomic mass is 79.9. The third-order valence-electron chi connectivity index (χ3n) is 4.07. The Morgan fingerprint density at radius 3 is 2.64 bits per heavy atom. The number of hydrogen-bond donors (Lipinski definition) is 2. The Morgan fingerprint density at radius 2 is 1.88 bits per heavy atom. The van der Waals surface area contributed by atoms with Crippen molar-refractivity contribution in [2.75, 3.05) is 20.8 Å². The topological polar surface area (TPSA) is 59.2 Å². The van der Waals surface area contributed by atoms with Gasteiger partial charge in [-0.25, -0.2) is 4.98 Å². The summed E-state index contributed by atoms with van der Waals surface area (Å²) in [7, 11) is 3.29. The predicted octanol–water partition coefficient (Wildman–Crippen LogP) is 4.07. The lowest BCUT2D eigenvalue weighted by molar-refractivity contribution is 0.354. The second-order valence-electron chi connectivity index (χ2n) is 5.78. The molecule has 0 unspecified atom stereocenters. The average molecular weight is 404 g/mol. The van der Waals surface area contributed by atoms with Crippen molar-refractivity contribution in [2.24, 2.45) is 0 Å². The fraction of sp³-hybridized carbons (Fsp3) is 0.316. The van der Waals surface area contributed by atoms with Gasteiger partial charge in [-0.05, 0) is 42.8 Å². The molecule has 0 saturated heterocycles. The quantitative estimate of drug-likeness (QED) is 0.556. The molecule has 0 fully saturated rings. The zero-order chi connectivity index (χ0) is 17.6. The minimum absolute atomic E-state index is 0.725. The molecular formula is C19H22BrN3O2. The molecule has 3 rings (SSSR count). The number of fused-ring (bicyclic) bond motifs is 1. The van der Waals surface area contributed by atoms with Gasteiger partial charge in [0.1, 0.15) is 5.82 Å². The number of nitrogens with zero attached hydrogens (tertiary/aromatic N) is 1. The number of H-pyrrole nitrogens is 1. The van der Waals surface area contributed by atoms with Crippen LogP contribution in [0, 0.1) is 0 Å². The van der Waals surface area contributed by atoms with Gasteiger partial charge in [-0.2, -0.15) is 0 Å². The highest BCUT2D eigenvalue weighted by molar-refractivity contribution is 9.10. The molecule has 0 bridgehead atoms. The summed E-state index contributed by atoms with van der Waals surface area (Å²) >= 11 is 3.59. The van der Waals surface area contributed by atoms with Gasteiger partial charge in [-0.15, -0.1) is 0 Å². The van der Waals surface area contributed by atoms with Crippen molar-refractivity contribution in [1.29, 1.82) is 0 Å². The summed E-state index contributed by atoms with van der Waals surface area (Å²) in [4.78, 5) is 7.97. The number of hydrogen-bond acceptors (Lipinski definition) is 4. The van der Waals surface area contributed by atoms with E-state index in [2.05, 4.69) is 37.3 Å². The first-order valence-corrected chi connectivity index (χ1v) is 9.05. The average Bonchev–Trinajstić information content (AvgIpc) is 3.05. The van der Waals surface area contributed by atoms with E-state index < -0.39 is 0 Å². The Kier molecular flexibility index (Phi) is 5.94. The lowest BCUT2D eigenvalue weighted by Crippen LogP contribution is -2.16. The van der Waals surface area contributed by atoms with Crippen molar-refractivity contribution < 1.29 is 9.47 Å². The number of aryl methyl sites for hydroxylation is 1. The Hall–Kier alpha value is -2.05. The van der Waals surface area contributed by atoms with E-state index in [1.807, 2.05) is 30.3 Å². The molecule has 2 N–H and O–H groups in total. The van der Waals surface area contributed by atoms with Gasteiger partial charge in [0.15, 0.2) is 11.5 Å². The molecule has 0 amide bonds. The fourth-order valence-corrected chi connectivity index (χ4v) is 3.22. The lowest BCUT2D eigenvalue weighted by Gasteiger charge is -2.12. The van der Waals surface area contributed by atoms with Gasteiger partial charge in [0.2, 0.25) is 0 Å². The summed E-state index contributed by atoms with van der Waals surface area (Å²) in [5.74, 6) is 2.50. The highest BCUT2D eigenvalue weighted by Crippen LogP contribution is 2.33. The Bertz CT molecular complexity index is 815.